The molecule has 0 aromatic carbocycles. The van der Waals surface area contributed by atoms with Crippen molar-refractivity contribution >= 4 is 17.7 Å². The Morgan fingerprint density at radius 3 is 2.42 bits per heavy atom. The molecule has 0 aromatic rings. The van der Waals surface area contributed by atoms with Crippen molar-refractivity contribution in [3.05, 3.63) is 36.0 Å². The number of likely N-dealkylation sites (tertiary alicyclic amines) is 1. The van der Waals surface area contributed by atoms with Crippen LogP contribution in [-0.4, -0.2) is 35.7 Å². The van der Waals surface area contributed by atoms with Crippen LogP contribution in [0.4, 0.5) is 0 Å². The van der Waals surface area contributed by atoms with E-state index in [1.54, 1.807) is 13.0 Å². The van der Waals surface area contributed by atoms with Crippen LogP contribution in [-0.2, 0) is 14.4 Å². The van der Waals surface area contributed by atoms with Crippen molar-refractivity contribution in [2.45, 2.75) is 20.3 Å². The summed E-state index contributed by atoms with van der Waals surface area (Å²) in [6.07, 6.45) is 5.28. The second kappa shape index (κ2) is 6.68. The molecule has 0 aliphatic carbocycles. The van der Waals surface area contributed by atoms with Crippen molar-refractivity contribution < 1.29 is 14.4 Å². The summed E-state index contributed by atoms with van der Waals surface area (Å²) >= 11 is 0. The molecular weight excluding hydrogens is 244 g/mol. The Hall–Kier alpha value is -2.17. The van der Waals surface area contributed by atoms with Gasteiger partial charge in [-0.1, -0.05) is 25.7 Å². The molecular formula is C14H18N2O3. The molecule has 102 valence electrons. The Balaban J connectivity index is 3.03. The highest BCUT2D eigenvalue weighted by molar-refractivity contribution is 6.25. The van der Waals surface area contributed by atoms with Gasteiger partial charge in [0.2, 0.25) is 5.91 Å². The first-order valence-corrected chi connectivity index (χ1v) is 6.22. The first-order chi connectivity index (χ1) is 9.06. The second-order valence-electron chi connectivity index (χ2n) is 3.99. The van der Waals surface area contributed by atoms with Crippen molar-refractivity contribution in [1.82, 2.24) is 10.2 Å². The maximum atomic E-state index is 12.1. The van der Waals surface area contributed by atoms with E-state index in [-0.39, 0.29) is 12.5 Å². The molecule has 19 heavy (non-hydrogen) atoms. The average molecular weight is 262 g/mol. The molecule has 1 rings (SSSR count). The van der Waals surface area contributed by atoms with Crippen molar-refractivity contribution in [3.63, 3.8) is 0 Å². The molecule has 5 nitrogen and oxygen atoms in total. The van der Waals surface area contributed by atoms with Crippen LogP contribution in [0.3, 0.4) is 0 Å². The number of nitrogens with one attached hydrogen (secondary N) is 1. The van der Waals surface area contributed by atoms with Crippen LogP contribution in [0.5, 0.6) is 0 Å². The lowest BCUT2D eigenvalue weighted by Crippen LogP contribution is -2.40. The monoisotopic (exact) mass is 262 g/mol. The highest BCUT2D eigenvalue weighted by Crippen LogP contribution is 2.25. The van der Waals surface area contributed by atoms with Crippen LogP contribution in [0.25, 0.3) is 0 Å². The number of imide groups is 1. The largest absolute Gasteiger partial charge is 0.355 e. The molecule has 1 aliphatic rings. The van der Waals surface area contributed by atoms with Crippen LogP contribution in [0.2, 0.25) is 0 Å². The maximum absolute atomic E-state index is 12.1. The number of likely N-dealkylation sites (N-methyl/N-ethyl adjacent to an activating group) is 1. The number of hydrogen-bond acceptors (Lipinski definition) is 3. The first-order valence-electron chi connectivity index (χ1n) is 6.22. The molecule has 0 saturated carbocycles. The number of allylic oxidation sites excluding steroid dienone is 3. The summed E-state index contributed by atoms with van der Waals surface area (Å²) in [6, 6.07) is 0. The Morgan fingerprint density at radius 1 is 1.26 bits per heavy atom. The Bertz CT molecular complexity index is 475. The molecule has 1 heterocycles. The number of rotatable bonds is 5. The molecule has 0 spiro atoms. The third-order valence-electron chi connectivity index (χ3n) is 2.61. The lowest BCUT2D eigenvalue weighted by atomic mass is 10.1. The third kappa shape index (κ3) is 3.19. The van der Waals surface area contributed by atoms with Crippen LogP contribution in [0.1, 0.15) is 20.3 Å². The fourth-order valence-corrected chi connectivity index (χ4v) is 1.83. The molecule has 1 fully saturated rings. The van der Waals surface area contributed by atoms with Crippen LogP contribution < -0.4 is 5.32 Å². The van der Waals surface area contributed by atoms with Gasteiger partial charge in [0, 0.05) is 12.1 Å². The fraction of sp³-hybridized carbons (Fsp3) is 0.357. The molecule has 0 bridgehead atoms. The van der Waals surface area contributed by atoms with E-state index in [2.05, 4.69) is 11.9 Å². The minimum absolute atomic E-state index is 0.249. The predicted molar refractivity (Wildman–Crippen MR) is 72.1 cm³/mol. The second-order valence-corrected chi connectivity index (χ2v) is 3.99. The van der Waals surface area contributed by atoms with E-state index in [1.807, 2.05) is 6.92 Å². The molecule has 1 aliphatic heterocycles. The molecule has 0 aromatic heterocycles. The fourth-order valence-electron chi connectivity index (χ4n) is 1.83. The van der Waals surface area contributed by atoms with E-state index in [4.69, 9.17) is 0 Å². The van der Waals surface area contributed by atoms with Gasteiger partial charge in [0.1, 0.15) is 6.54 Å². The van der Waals surface area contributed by atoms with Gasteiger partial charge in [-0.05, 0) is 19.4 Å². The summed E-state index contributed by atoms with van der Waals surface area (Å²) in [5.41, 5.74) is 0.642. The molecule has 0 unspecified atom stereocenters. The minimum atomic E-state index is -0.448. The first kappa shape index (κ1) is 14.9. The maximum Gasteiger partial charge on any atom is 0.262 e. The van der Waals surface area contributed by atoms with Crippen LogP contribution in [0.15, 0.2) is 36.0 Å². The smallest absolute Gasteiger partial charge is 0.262 e. The molecule has 5 heteroatoms. The normalized spacial score (nSPS) is 19.4. The summed E-state index contributed by atoms with van der Waals surface area (Å²) in [5.74, 6) is -1.22. The lowest BCUT2D eigenvalue weighted by molar-refractivity contribution is -0.140. The van der Waals surface area contributed by atoms with Gasteiger partial charge in [0.05, 0.1) is 5.57 Å². The van der Waals surface area contributed by atoms with E-state index < -0.39 is 11.8 Å². The minimum Gasteiger partial charge on any atom is -0.355 e. The van der Waals surface area contributed by atoms with Gasteiger partial charge in [-0.25, -0.2) is 0 Å². The number of carbonyl (C=O) groups excluding carboxylic acids is 3. The molecule has 0 atom stereocenters. The van der Waals surface area contributed by atoms with Gasteiger partial charge in [-0.2, -0.15) is 0 Å². The zero-order chi connectivity index (χ0) is 14.4. The zero-order valence-electron chi connectivity index (χ0n) is 11.2. The Kier molecular flexibility index (Phi) is 5.23. The zero-order valence-corrected chi connectivity index (χ0v) is 11.2. The molecule has 1 saturated heterocycles. The van der Waals surface area contributed by atoms with E-state index in [9.17, 15) is 14.4 Å². The Morgan fingerprint density at radius 2 is 1.89 bits per heavy atom. The van der Waals surface area contributed by atoms with Gasteiger partial charge >= 0.3 is 0 Å². The number of nitrogens with zero attached hydrogens (tertiary/aromatic N) is 1. The standard InChI is InChI=1S/C14H18N2O3/c1-4-7-10-11(8-5-2)14(19)16(13(10)18)9-12(17)15-6-3/h4,7-8H,1,5-6,9H2,2-3H3,(H,15,17)/b10-7+,11-8+. The van der Waals surface area contributed by atoms with Gasteiger partial charge in [-0.15, -0.1) is 0 Å². The summed E-state index contributed by atoms with van der Waals surface area (Å²) in [7, 11) is 0. The summed E-state index contributed by atoms with van der Waals surface area (Å²) in [5, 5.41) is 2.56. The molecule has 3 amide bonds. The van der Waals surface area contributed by atoms with Gasteiger partial charge in [0.15, 0.2) is 0 Å². The van der Waals surface area contributed by atoms with Gasteiger partial charge < -0.3 is 5.32 Å². The van der Waals surface area contributed by atoms with Crippen molar-refractivity contribution in [1.29, 1.82) is 0 Å². The lowest BCUT2D eigenvalue weighted by Gasteiger charge is -2.12. The summed E-state index contributed by atoms with van der Waals surface area (Å²) in [4.78, 5) is 36.7. The molecule has 0 radical (unpaired) electrons. The molecule has 1 N–H and O–H groups in total. The number of carbonyl (C=O) groups is 3. The SMILES string of the molecule is C=C/C=C1/C(=O)N(CC(=O)NCC)C(=O)/C1=C/CC. The Labute approximate surface area is 112 Å². The van der Waals surface area contributed by atoms with Crippen molar-refractivity contribution in [2.75, 3.05) is 13.1 Å². The van der Waals surface area contributed by atoms with Crippen LogP contribution in [0, 0.1) is 0 Å². The van der Waals surface area contributed by atoms with Crippen molar-refractivity contribution in [3.8, 4) is 0 Å². The predicted octanol–water partition coefficient (Wildman–Crippen LogP) is 0.940. The van der Waals surface area contributed by atoms with Crippen molar-refractivity contribution in [2.24, 2.45) is 0 Å². The summed E-state index contributed by atoms with van der Waals surface area (Å²) in [6.45, 7) is 7.39. The third-order valence-corrected chi connectivity index (χ3v) is 2.61. The number of amides is 3. The summed E-state index contributed by atoms with van der Waals surface area (Å²) < 4.78 is 0. The van der Waals surface area contributed by atoms with Gasteiger partial charge in [-0.3, -0.25) is 19.3 Å². The topological polar surface area (TPSA) is 66.5 Å². The van der Waals surface area contributed by atoms with Crippen LogP contribution >= 0.6 is 0 Å². The van der Waals surface area contributed by atoms with E-state index >= 15 is 0 Å². The van der Waals surface area contributed by atoms with E-state index in [1.165, 1.54) is 12.2 Å². The highest BCUT2D eigenvalue weighted by atomic mass is 16.2. The van der Waals surface area contributed by atoms with E-state index in [0.717, 1.165) is 4.90 Å². The number of hydrogen-bond donors (Lipinski definition) is 1. The highest BCUT2D eigenvalue weighted by Gasteiger charge is 2.38. The van der Waals surface area contributed by atoms with Gasteiger partial charge in [0.25, 0.3) is 11.8 Å². The quantitative estimate of drug-likeness (QED) is 0.592. The van der Waals surface area contributed by atoms with E-state index in [0.29, 0.717) is 24.1 Å². The average Bonchev–Trinajstić information content (AvgIpc) is 2.57.